The smallest absolute Gasteiger partial charge is 0.240 e. The van der Waals surface area contributed by atoms with Crippen molar-refractivity contribution in [3.63, 3.8) is 0 Å². The summed E-state index contributed by atoms with van der Waals surface area (Å²) in [4.78, 5) is 16.1. The first kappa shape index (κ1) is 17.3. The maximum absolute atomic E-state index is 12.2. The van der Waals surface area contributed by atoms with E-state index in [2.05, 4.69) is 10.3 Å². The van der Waals surface area contributed by atoms with Crippen LogP contribution in [-0.2, 0) is 11.3 Å². The zero-order valence-electron chi connectivity index (χ0n) is 13.4. The molecule has 124 valence electrons. The Morgan fingerprint density at radius 1 is 1.09 bits per heavy atom. The van der Waals surface area contributed by atoms with Gasteiger partial charge in [-0.25, -0.2) is 4.98 Å². The molecular formula is C17H28ClN3O. The molecule has 1 aromatic heterocycles. The second kappa shape index (κ2) is 9.88. The molecule has 0 unspecified atom stereocenters. The molecule has 1 fully saturated rings. The summed E-state index contributed by atoms with van der Waals surface area (Å²) in [5, 5.41) is 3.56. The zero-order valence-corrected chi connectivity index (χ0v) is 14.2. The maximum atomic E-state index is 12.2. The van der Waals surface area contributed by atoms with Crippen LogP contribution >= 0.6 is 11.6 Å². The second-order valence-corrected chi connectivity index (χ2v) is 6.69. The van der Waals surface area contributed by atoms with Crippen LogP contribution in [0.5, 0.6) is 0 Å². The fraction of sp³-hybridized carbons (Fsp3) is 0.765. The highest BCUT2D eigenvalue weighted by Crippen LogP contribution is 2.17. The van der Waals surface area contributed by atoms with Gasteiger partial charge >= 0.3 is 0 Å². The molecule has 5 heteroatoms. The van der Waals surface area contributed by atoms with E-state index in [1.807, 2.05) is 0 Å². The van der Waals surface area contributed by atoms with Crippen molar-refractivity contribution < 1.29 is 4.79 Å². The third-order valence-electron chi connectivity index (χ3n) is 4.45. The maximum Gasteiger partial charge on any atom is 0.240 e. The Kier molecular flexibility index (Phi) is 7.78. The number of hydrogen-bond donors (Lipinski definition) is 1. The molecule has 0 saturated heterocycles. The molecule has 1 aromatic rings. The van der Waals surface area contributed by atoms with Crippen molar-refractivity contribution in [1.29, 1.82) is 0 Å². The van der Waals surface area contributed by atoms with Crippen LogP contribution in [0.1, 0.15) is 70.6 Å². The van der Waals surface area contributed by atoms with Gasteiger partial charge in [0.25, 0.3) is 0 Å². The van der Waals surface area contributed by atoms with Gasteiger partial charge in [0.15, 0.2) is 0 Å². The van der Waals surface area contributed by atoms with Crippen molar-refractivity contribution in [1.82, 2.24) is 14.9 Å². The molecule has 1 N–H and O–H groups in total. The highest BCUT2D eigenvalue weighted by molar-refractivity contribution is 6.28. The summed E-state index contributed by atoms with van der Waals surface area (Å²) >= 11 is 5.92. The molecule has 2 rings (SSSR count). The first-order valence-electron chi connectivity index (χ1n) is 8.72. The lowest BCUT2D eigenvalue weighted by atomic mass is 9.98. The van der Waals surface area contributed by atoms with Gasteiger partial charge in [-0.15, -0.1) is 0 Å². The highest BCUT2D eigenvalue weighted by Gasteiger charge is 2.13. The fourth-order valence-corrected chi connectivity index (χ4v) is 3.34. The quantitative estimate of drug-likeness (QED) is 0.899. The van der Waals surface area contributed by atoms with Gasteiger partial charge in [-0.1, -0.05) is 57.8 Å². The normalized spacial score (nSPS) is 19.1. The van der Waals surface area contributed by atoms with Gasteiger partial charge in [0.1, 0.15) is 6.54 Å². The lowest BCUT2D eigenvalue weighted by Crippen LogP contribution is -2.37. The molecule has 4 nitrogen and oxygen atoms in total. The fourth-order valence-electron chi connectivity index (χ4n) is 3.16. The first-order chi connectivity index (χ1) is 10.8. The number of amides is 1. The summed E-state index contributed by atoms with van der Waals surface area (Å²) in [5.74, 6) is 0.0389. The van der Waals surface area contributed by atoms with E-state index < -0.39 is 0 Å². The molecule has 0 aromatic carbocycles. The van der Waals surface area contributed by atoms with Crippen LogP contribution in [0, 0.1) is 0 Å². The Labute approximate surface area is 138 Å². The van der Waals surface area contributed by atoms with Gasteiger partial charge in [0, 0.05) is 18.4 Å². The van der Waals surface area contributed by atoms with Crippen molar-refractivity contribution in [3.8, 4) is 0 Å². The number of rotatable bonds is 3. The summed E-state index contributed by atoms with van der Waals surface area (Å²) in [6, 6.07) is 0.314. The molecule has 0 spiro atoms. The van der Waals surface area contributed by atoms with Crippen LogP contribution in [-0.4, -0.2) is 21.5 Å². The monoisotopic (exact) mass is 325 g/mol. The van der Waals surface area contributed by atoms with Crippen LogP contribution < -0.4 is 5.32 Å². The first-order valence-corrected chi connectivity index (χ1v) is 9.09. The number of hydrogen-bond acceptors (Lipinski definition) is 2. The molecule has 1 amide bonds. The van der Waals surface area contributed by atoms with Crippen molar-refractivity contribution >= 4 is 17.5 Å². The standard InChI is InChI=1S/C17H28ClN3O/c18-17-19-12-13-21(17)14-16(22)20-15-10-8-6-4-2-1-3-5-7-9-11-15/h12-13,15H,1-11,14H2,(H,20,22). The van der Waals surface area contributed by atoms with E-state index in [4.69, 9.17) is 11.6 Å². The van der Waals surface area contributed by atoms with Crippen LogP contribution in [0.25, 0.3) is 0 Å². The Hall–Kier alpha value is -1.03. The topological polar surface area (TPSA) is 46.9 Å². The molecule has 1 aliphatic rings. The molecule has 0 bridgehead atoms. The van der Waals surface area contributed by atoms with Crippen LogP contribution in [0.3, 0.4) is 0 Å². The molecule has 22 heavy (non-hydrogen) atoms. The van der Waals surface area contributed by atoms with E-state index in [0.29, 0.717) is 11.3 Å². The average Bonchev–Trinajstić information content (AvgIpc) is 2.87. The number of imidazole rings is 1. The third kappa shape index (κ3) is 6.39. The minimum atomic E-state index is 0.0389. The number of carbonyl (C=O) groups is 1. The van der Waals surface area contributed by atoms with Gasteiger partial charge in [-0.05, 0) is 24.4 Å². The molecule has 1 saturated carbocycles. The number of halogens is 1. The minimum absolute atomic E-state index is 0.0389. The lowest BCUT2D eigenvalue weighted by molar-refractivity contribution is -0.122. The van der Waals surface area contributed by atoms with Crippen LogP contribution in [0.15, 0.2) is 12.4 Å². The summed E-state index contributed by atoms with van der Waals surface area (Å²) in [6.07, 6.45) is 17.4. The van der Waals surface area contributed by atoms with Crippen molar-refractivity contribution in [2.24, 2.45) is 0 Å². The van der Waals surface area contributed by atoms with E-state index in [9.17, 15) is 4.79 Å². The summed E-state index contributed by atoms with van der Waals surface area (Å²) < 4.78 is 1.67. The Bertz CT molecular complexity index is 435. The Balaban J connectivity index is 1.78. The summed E-state index contributed by atoms with van der Waals surface area (Å²) in [6.45, 7) is 0.259. The number of nitrogens with zero attached hydrogens (tertiary/aromatic N) is 2. The van der Waals surface area contributed by atoms with Gasteiger partial charge in [-0.3, -0.25) is 4.79 Å². The van der Waals surface area contributed by atoms with E-state index in [1.165, 1.54) is 57.8 Å². The second-order valence-electron chi connectivity index (χ2n) is 6.35. The SMILES string of the molecule is O=C(Cn1ccnc1Cl)NC1CCCCCCCCCCC1. The van der Waals surface area contributed by atoms with Crippen molar-refractivity contribution in [3.05, 3.63) is 17.7 Å². The molecule has 0 atom stereocenters. The predicted octanol–water partition coefficient (Wildman–Crippen LogP) is 4.33. The number of carbonyl (C=O) groups excluding carboxylic acids is 1. The Morgan fingerprint density at radius 2 is 1.64 bits per heavy atom. The lowest BCUT2D eigenvalue weighted by Gasteiger charge is -2.20. The van der Waals surface area contributed by atoms with Crippen LogP contribution in [0.2, 0.25) is 5.28 Å². The third-order valence-corrected chi connectivity index (χ3v) is 4.76. The number of nitrogens with one attached hydrogen (secondary N) is 1. The van der Waals surface area contributed by atoms with Gasteiger partial charge in [-0.2, -0.15) is 0 Å². The van der Waals surface area contributed by atoms with Crippen molar-refractivity contribution in [2.75, 3.05) is 0 Å². The van der Waals surface area contributed by atoms with Crippen molar-refractivity contribution in [2.45, 2.75) is 83.2 Å². The molecular weight excluding hydrogens is 298 g/mol. The molecule has 0 radical (unpaired) electrons. The largest absolute Gasteiger partial charge is 0.352 e. The van der Waals surface area contributed by atoms with Gasteiger partial charge in [0.2, 0.25) is 11.2 Å². The minimum Gasteiger partial charge on any atom is -0.352 e. The van der Waals surface area contributed by atoms with E-state index in [1.54, 1.807) is 17.0 Å². The average molecular weight is 326 g/mol. The number of aromatic nitrogens is 2. The van der Waals surface area contributed by atoms with Gasteiger partial charge < -0.3 is 9.88 Å². The molecule has 1 aliphatic carbocycles. The predicted molar refractivity (Wildman–Crippen MR) is 90.0 cm³/mol. The van der Waals surface area contributed by atoms with Crippen LogP contribution in [0.4, 0.5) is 0 Å². The summed E-state index contributed by atoms with van der Waals surface area (Å²) in [7, 11) is 0. The Morgan fingerprint density at radius 3 is 2.14 bits per heavy atom. The molecule has 1 heterocycles. The highest BCUT2D eigenvalue weighted by atomic mass is 35.5. The van der Waals surface area contributed by atoms with Gasteiger partial charge in [0.05, 0.1) is 0 Å². The van der Waals surface area contributed by atoms with E-state index in [0.717, 1.165) is 12.8 Å². The zero-order chi connectivity index (χ0) is 15.6. The van der Waals surface area contributed by atoms with E-state index in [-0.39, 0.29) is 12.5 Å². The van der Waals surface area contributed by atoms with E-state index >= 15 is 0 Å². The molecule has 0 aliphatic heterocycles. The summed E-state index contributed by atoms with van der Waals surface area (Å²) in [5.41, 5.74) is 0.